The van der Waals surface area contributed by atoms with E-state index in [0.717, 1.165) is 0 Å². The van der Waals surface area contributed by atoms with Crippen molar-refractivity contribution in [3.05, 3.63) is 35.4 Å². The first-order valence-corrected chi connectivity index (χ1v) is 5.34. The van der Waals surface area contributed by atoms with E-state index in [1.54, 1.807) is 25.1 Å². The van der Waals surface area contributed by atoms with Crippen molar-refractivity contribution in [3.8, 4) is 0 Å². The largest absolute Gasteiger partial charge is 0.524 e. The quantitative estimate of drug-likeness (QED) is 0.811. The zero-order chi connectivity index (χ0) is 13.7. The molecule has 0 saturated heterocycles. The van der Waals surface area contributed by atoms with E-state index in [9.17, 15) is 13.2 Å². The van der Waals surface area contributed by atoms with Crippen LogP contribution >= 0.6 is 0 Å². The van der Waals surface area contributed by atoms with Crippen LogP contribution in [0.3, 0.4) is 0 Å². The van der Waals surface area contributed by atoms with Crippen LogP contribution in [0.2, 0.25) is 0 Å². The van der Waals surface area contributed by atoms with Crippen LogP contribution in [0.4, 0.5) is 13.2 Å². The molecule has 1 atom stereocenters. The number of hydrogen-bond donors (Lipinski definition) is 1. The SMILES string of the molecule is CC.Cc1ccccc1C(C)(N)OC(F)(F)F. The number of nitrogens with two attached hydrogens (primary N) is 1. The van der Waals surface area contributed by atoms with Crippen molar-refractivity contribution in [2.45, 2.75) is 39.8 Å². The highest BCUT2D eigenvalue weighted by atomic mass is 19.4. The van der Waals surface area contributed by atoms with Crippen molar-refractivity contribution in [2.24, 2.45) is 5.73 Å². The fourth-order valence-corrected chi connectivity index (χ4v) is 1.43. The van der Waals surface area contributed by atoms with Crippen LogP contribution in [0.5, 0.6) is 0 Å². The summed E-state index contributed by atoms with van der Waals surface area (Å²) in [6.07, 6.45) is -4.74. The first-order valence-electron chi connectivity index (χ1n) is 5.34. The Morgan fingerprint density at radius 2 is 1.59 bits per heavy atom. The highest BCUT2D eigenvalue weighted by Crippen LogP contribution is 2.30. The summed E-state index contributed by atoms with van der Waals surface area (Å²) < 4.78 is 40.1. The average Bonchev–Trinajstić information content (AvgIpc) is 2.17. The third kappa shape index (κ3) is 5.19. The molecule has 1 aromatic carbocycles. The van der Waals surface area contributed by atoms with Gasteiger partial charge in [-0.3, -0.25) is 10.5 Å². The van der Waals surface area contributed by atoms with E-state index in [2.05, 4.69) is 4.74 Å². The maximum Gasteiger partial charge on any atom is 0.524 e. The van der Waals surface area contributed by atoms with Gasteiger partial charge in [-0.25, -0.2) is 0 Å². The summed E-state index contributed by atoms with van der Waals surface area (Å²) in [4.78, 5) is 0. The second-order valence-electron chi connectivity index (χ2n) is 3.47. The summed E-state index contributed by atoms with van der Waals surface area (Å²) in [5.74, 6) is 0. The van der Waals surface area contributed by atoms with Crippen LogP contribution in [0.1, 0.15) is 31.9 Å². The lowest BCUT2D eigenvalue weighted by Gasteiger charge is -2.27. The minimum absolute atomic E-state index is 0.322. The van der Waals surface area contributed by atoms with Gasteiger partial charge in [-0.2, -0.15) is 0 Å². The molecule has 0 radical (unpaired) electrons. The maximum absolute atomic E-state index is 12.1. The van der Waals surface area contributed by atoms with Crippen molar-refractivity contribution in [1.82, 2.24) is 0 Å². The van der Waals surface area contributed by atoms with E-state index in [-0.39, 0.29) is 0 Å². The molecule has 0 aliphatic carbocycles. The number of rotatable bonds is 2. The molecule has 0 aliphatic rings. The fraction of sp³-hybridized carbons (Fsp3) is 0.500. The number of aryl methyl sites for hydroxylation is 1. The molecule has 0 spiro atoms. The first kappa shape index (κ1) is 15.9. The highest BCUT2D eigenvalue weighted by molar-refractivity contribution is 5.30. The molecule has 0 saturated carbocycles. The summed E-state index contributed by atoms with van der Waals surface area (Å²) in [5, 5.41) is 0. The van der Waals surface area contributed by atoms with Gasteiger partial charge in [-0.15, -0.1) is 13.2 Å². The monoisotopic (exact) mass is 249 g/mol. The van der Waals surface area contributed by atoms with E-state index in [0.29, 0.717) is 11.1 Å². The van der Waals surface area contributed by atoms with Gasteiger partial charge in [0.2, 0.25) is 0 Å². The lowest BCUT2D eigenvalue weighted by molar-refractivity contribution is -0.367. The van der Waals surface area contributed by atoms with Crippen LogP contribution in [0, 0.1) is 6.92 Å². The fourth-order valence-electron chi connectivity index (χ4n) is 1.43. The van der Waals surface area contributed by atoms with Gasteiger partial charge >= 0.3 is 6.36 Å². The van der Waals surface area contributed by atoms with Gasteiger partial charge in [0.1, 0.15) is 5.72 Å². The molecule has 2 N–H and O–H groups in total. The molecule has 98 valence electrons. The Morgan fingerprint density at radius 1 is 1.12 bits per heavy atom. The van der Waals surface area contributed by atoms with Crippen LogP contribution in [0.15, 0.2) is 24.3 Å². The smallest absolute Gasteiger partial charge is 0.300 e. The summed E-state index contributed by atoms with van der Waals surface area (Å²) in [6, 6.07) is 6.54. The number of benzene rings is 1. The van der Waals surface area contributed by atoms with Crippen molar-refractivity contribution in [2.75, 3.05) is 0 Å². The number of ether oxygens (including phenoxy) is 1. The predicted molar refractivity (Wildman–Crippen MR) is 61.2 cm³/mol. The van der Waals surface area contributed by atoms with E-state index in [4.69, 9.17) is 5.73 Å². The van der Waals surface area contributed by atoms with Gasteiger partial charge < -0.3 is 0 Å². The maximum atomic E-state index is 12.1. The van der Waals surface area contributed by atoms with E-state index >= 15 is 0 Å². The molecule has 0 aromatic heterocycles. The second kappa shape index (κ2) is 6.02. The number of halogens is 3. The molecule has 0 amide bonds. The van der Waals surface area contributed by atoms with Crippen molar-refractivity contribution in [1.29, 1.82) is 0 Å². The Labute approximate surface area is 99.6 Å². The minimum atomic E-state index is -4.74. The summed E-state index contributed by atoms with van der Waals surface area (Å²) >= 11 is 0. The van der Waals surface area contributed by atoms with Gasteiger partial charge in [-0.05, 0) is 19.4 Å². The zero-order valence-corrected chi connectivity index (χ0v) is 10.4. The van der Waals surface area contributed by atoms with Gasteiger partial charge in [0.15, 0.2) is 0 Å². The molecule has 1 rings (SSSR count). The second-order valence-corrected chi connectivity index (χ2v) is 3.47. The number of hydrogen-bond acceptors (Lipinski definition) is 2. The minimum Gasteiger partial charge on any atom is -0.300 e. The van der Waals surface area contributed by atoms with Gasteiger partial charge in [-0.1, -0.05) is 38.1 Å². The molecule has 0 fully saturated rings. The Morgan fingerprint density at radius 3 is 2.00 bits per heavy atom. The third-order valence-corrected chi connectivity index (χ3v) is 2.01. The molecule has 17 heavy (non-hydrogen) atoms. The Bertz CT molecular complexity index is 348. The average molecular weight is 249 g/mol. The standard InChI is InChI=1S/C10H12F3NO.C2H6/c1-7-5-3-4-6-8(7)9(2,14)15-10(11,12)13;1-2/h3-6H,14H2,1-2H3;1-2H3. The molecular formula is C12H18F3NO. The normalized spacial score (nSPS) is 14.6. The first-order chi connectivity index (χ1) is 7.72. The van der Waals surface area contributed by atoms with Crippen molar-refractivity contribution in [3.63, 3.8) is 0 Å². The van der Waals surface area contributed by atoms with Crippen LogP contribution in [-0.2, 0) is 10.5 Å². The van der Waals surface area contributed by atoms with Gasteiger partial charge in [0.05, 0.1) is 0 Å². The Kier molecular flexibility index (Phi) is 5.64. The molecule has 2 nitrogen and oxygen atoms in total. The van der Waals surface area contributed by atoms with Gasteiger partial charge in [0, 0.05) is 5.56 Å². The van der Waals surface area contributed by atoms with Crippen LogP contribution < -0.4 is 5.73 Å². The van der Waals surface area contributed by atoms with Crippen LogP contribution in [-0.4, -0.2) is 6.36 Å². The summed E-state index contributed by atoms with van der Waals surface area (Å²) in [5.41, 5.74) is 4.61. The topological polar surface area (TPSA) is 35.2 Å². The molecule has 0 bridgehead atoms. The van der Waals surface area contributed by atoms with Crippen molar-refractivity contribution < 1.29 is 17.9 Å². The van der Waals surface area contributed by atoms with Gasteiger partial charge in [0.25, 0.3) is 0 Å². The lowest BCUT2D eigenvalue weighted by Crippen LogP contribution is -2.41. The van der Waals surface area contributed by atoms with E-state index < -0.39 is 12.1 Å². The molecular weight excluding hydrogens is 231 g/mol. The predicted octanol–water partition coefficient (Wildman–Crippen LogP) is 3.69. The molecule has 1 aromatic rings. The van der Waals surface area contributed by atoms with E-state index in [1.165, 1.54) is 13.0 Å². The molecule has 0 aliphatic heterocycles. The third-order valence-electron chi connectivity index (χ3n) is 2.01. The Balaban J connectivity index is 0.00000121. The molecule has 0 heterocycles. The van der Waals surface area contributed by atoms with E-state index in [1.807, 2.05) is 13.8 Å². The highest BCUT2D eigenvalue weighted by Gasteiger charge is 2.39. The molecule has 1 unspecified atom stereocenters. The summed E-state index contributed by atoms with van der Waals surface area (Å²) in [6.45, 7) is 6.86. The van der Waals surface area contributed by atoms with Crippen LogP contribution in [0.25, 0.3) is 0 Å². The summed E-state index contributed by atoms with van der Waals surface area (Å²) in [7, 11) is 0. The van der Waals surface area contributed by atoms with Crippen molar-refractivity contribution >= 4 is 0 Å². The molecule has 5 heteroatoms. The Hall–Kier alpha value is -1.07. The zero-order valence-electron chi connectivity index (χ0n) is 10.4. The number of alkyl halides is 3. The lowest BCUT2D eigenvalue weighted by atomic mass is 10.0.